The highest BCUT2D eigenvalue weighted by molar-refractivity contribution is 5.81. The zero-order valence-electron chi connectivity index (χ0n) is 23.9. The average Bonchev–Trinajstić information content (AvgIpc) is 2.97. The van der Waals surface area contributed by atoms with Crippen molar-refractivity contribution in [1.29, 1.82) is 0 Å². The summed E-state index contributed by atoms with van der Waals surface area (Å²) in [4.78, 5) is 7.68. The van der Waals surface area contributed by atoms with Crippen LogP contribution >= 0.6 is 0 Å². The summed E-state index contributed by atoms with van der Waals surface area (Å²) >= 11 is 0. The van der Waals surface area contributed by atoms with Crippen LogP contribution in [0, 0.1) is 11.8 Å². The third kappa shape index (κ3) is 3.43. The standard InChI is InChI=1S/C24H38N8O14/c25-17-29-13(35)5-9-19(39,11-7(33)21(5,31-17)15(37)23(41,43-9)45-11)3-27-1-2-28-4-20(40)10-6-14(36)30-18(26)32-22(6)8(34)12(20)46-24(42,44-10)16(22)38/h5-16,27-28,33-42H,1-4H2,(H3,25,29,31)(H3,26,30,32)/t5-,6-,7?,8?,9-,10-,11+,12+,13-,14-,15+,16+,19+,20+,21-,22-,23+,24+/m1/s1. The van der Waals surface area contributed by atoms with Crippen molar-refractivity contribution in [1.82, 2.24) is 21.3 Å². The predicted molar refractivity (Wildman–Crippen MR) is 143 cm³/mol. The number of rotatable bonds is 7. The van der Waals surface area contributed by atoms with Gasteiger partial charge in [-0.2, -0.15) is 0 Å². The number of aliphatic hydroxyl groups excluding tert-OH is 6. The molecule has 0 radical (unpaired) electrons. The minimum atomic E-state index is -2.62. The van der Waals surface area contributed by atoms with E-state index in [1.165, 1.54) is 0 Å². The van der Waals surface area contributed by atoms with Crippen molar-refractivity contribution in [2.75, 3.05) is 26.2 Å². The van der Waals surface area contributed by atoms with E-state index >= 15 is 0 Å². The lowest BCUT2D eigenvalue weighted by molar-refractivity contribution is -0.546. The summed E-state index contributed by atoms with van der Waals surface area (Å²) in [5.41, 5.74) is 3.74. The molecule has 8 bridgehead atoms. The number of aliphatic imine (C=N–C) groups is 2. The molecule has 6 saturated heterocycles. The molecule has 18 atom stereocenters. The highest BCUT2D eigenvalue weighted by Crippen LogP contribution is 2.60. The van der Waals surface area contributed by atoms with Crippen LogP contribution in [0.2, 0.25) is 0 Å². The molecule has 2 saturated carbocycles. The maximum absolute atomic E-state index is 11.7. The van der Waals surface area contributed by atoms with Crippen LogP contribution < -0.4 is 32.7 Å². The summed E-state index contributed by atoms with van der Waals surface area (Å²) in [6.45, 7) is -0.412. The van der Waals surface area contributed by atoms with Gasteiger partial charge in [-0.05, 0) is 0 Å². The third-order valence-electron chi connectivity index (χ3n) is 11.2. The van der Waals surface area contributed by atoms with Crippen molar-refractivity contribution >= 4 is 11.9 Å². The highest BCUT2D eigenvalue weighted by atomic mass is 16.9. The first-order valence-electron chi connectivity index (χ1n) is 14.8. The van der Waals surface area contributed by atoms with Crippen LogP contribution in [0.4, 0.5) is 0 Å². The SMILES string of the molecule is NC1=N[C@H](O)[C@H]2[C@H]3O[C@]4(O)O[C@@H](C(O)[C@@]2(N1)[C@@H]4O)[C@]3(O)CNCCNC[C@]1(O)[C@@H]2O[C@]3(O)O[C@H]1C(O)[C@@]1(NC(N)=N[C@H](O)[C@@H]21)[C@@H]3O. The zero-order valence-corrected chi connectivity index (χ0v) is 23.9. The molecule has 258 valence electrons. The maximum atomic E-state index is 11.7. The van der Waals surface area contributed by atoms with Crippen LogP contribution in [0.25, 0.3) is 0 Å². The fraction of sp³-hybridized carbons (Fsp3) is 0.917. The smallest absolute Gasteiger partial charge is 0.311 e. The summed E-state index contributed by atoms with van der Waals surface area (Å²) in [5.74, 6) is -8.34. The van der Waals surface area contributed by atoms with Crippen molar-refractivity contribution in [2.45, 2.75) is 95.5 Å². The van der Waals surface area contributed by atoms with Crippen molar-refractivity contribution in [3.05, 3.63) is 0 Å². The second kappa shape index (κ2) is 9.32. The molecule has 18 N–H and O–H groups in total. The molecule has 46 heavy (non-hydrogen) atoms. The first kappa shape index (κ1) is 31.2. The van der Waals surface area contributed by atoms with Gasteiger partial charge in [0.2, 0.25) is 0 Å². The molecular weight excluding hydrogens is 624 g/mol. The number of nitrogens with two attached hydrogens (primary N) is 2. The molecule has 0 amide bonds. The Labute approximate surface area is 258 Å². The van der Waals surface area contributed by atoms with E-state index < -0.39 is 107 Å². The molecule has 8 aliphatic heterocycles. The Bertz CT molecular complexity index is 1280. The average molecular weight is 663 g/mol. The largest absolute Gasteiger partial charge is 0.388 e. The number of ether oxygens (including phenoxy) is 4. The van der Waals surface area contributed by atoms with Gasteiger partial charge in [0.05, 0.1) is 11.8 Å². The fourth-order valence-electron chi connectivity index (χ4n) is 9.27. The third-order valence-corrected chi connectivity index (χ3v) is 11.2. The van der Waals surface area contributed by atoms with E-state index in [1.807, 2.05) is 0 Å². The van der Waals surface area contributed by atoms with E-state index in [0.717, 1.165) is 0 Å². The second-order valence-electron chi connectivity index (χ2n) is 13.5. The lowest BCUT2D eigenvalue weighted by atomic mass is 9.55. The van der Waals surface area contributed by atoms with Gasteiger partial charge in [-0.15, -0.1) is 0 Å². The summed E-state index contributed by atoms with van der Waals surface area (Å²) in [7, 11) is 0. The summed E-state index contributed by atoms with van der Waals surface area (Å²) in [6, 6.07) is 0. The quantitative estimate of drug-likeness (QED) is 0.112. The number of nitrogens with one attached hydrogen (secondary N) is 4. The minimum Gasteiger partial charge on any atom is -0.388 e. The van der Waals surface area contributed by atoms with E-state index in [9.17, 15) is 51.1 Å². The Hall–Kier alpha value is -2.10. The number of hydrogen-bond donors (Lipinski definition) is 16. The van der Waals surface area contributed by atoms with Crippen LogP contribution in [-0.4, -0.2) is 185 Å². The first-order valence-corrected chi connectivity index (χ1v) is 14.8. The summed E-state index contributed by atoms with van der Waals surface area (Å²) in [6.07, 6.45) is -16.2. The van der Waals surface area contributed by atoms with E-state index in [4.69, 9.17) is 30.4 Å². The molecule has 10 aliphatic rings. The Morgan fingerprint density at radius 2 is 0.957 bits per heavy atom. The van der Waals surface area contributed by atoms with Gasteiger partial charge in [-0.3, -0.25) is 0 Å². The topological polar surface area (TPSA) is 364 Å². The van der Waals surface area contributed by atoms with E-state index in [-0.39, 0.29) is 38.1 Å². The van der Waals surface area contributed by atoms with Gasteiger partial charge in [0.15, 0.2) is 36.6 Å². The van der Waals surface area contributed by atoms with E-state index in [0.29, 0.717) is 0 Å². The predicted octanol–water partition coefficient (Wildman–Crippen LogP) is -10.8. The molecule has 0 aromatic heterocycles. The van der Waals surface area contributed by atoms with Crippen LogP contribution in [-0.2, 0) is 18.9 Å². The van der Waals surface area contributed by atoms with Crippen molar-refractivity contribution in [2.24, 2.45) is 33.3 Å². The minimum absolute atomic E-state index is 0.100. The Balaban J connectivity index is 0.949. The molecule has 2 unspecified atom stereocenters. The van der Waals surface area contributed by atoms with Crippen molar-refractivity contribution in [3.63, 3.8) is 0 Å². The summed E-state index contributed by atoms with van der Waals surface area (Å²) in [5, 5.41) is 122. The number of hydrogen-bond acceptors (Lipinski definition) is 22. The van der Waals surface area contributed by atoms with Gasteiger partial charge in [-0.25, -0.2) is 9.98 Å². The first-order chi connectivity index (χ1) is 21.5. The fourth-order valence-corrected chi connectivity index (χ4v) is 9.27. The number of nitrogens with zero attached hydrogens (tertiary/aromatic N) is 2. The Morgan fingerprint density at radius 3 is 1.33 bits per heavy atom. The van der Waals surface area contributed by atoms with E-state index in [2.05, 4.69) is 31.3 Å². The Morgan fingerprint density at radius 1 is 0.609 bits per heavy atom. The lowest BCUT2D eigenvalue weighted by Gasteiger charge is -2.71. The molecule has 2 aliphatic carbocycles. The molecule has 2 spiro atoms. The van der Waals surface area contributed by atoms with Gasteiger partial charge >= 0.3 is 11.9 Å². The van der Waals surface area contributed by atoms with Crippen LogP contribution in [0.15, 0.2) is 9.98 Å². The number of aliphatic hydroxyl groups is 10. The molecule has 8 fully saturated rings. The lowest BCUT2D eigenvalue weighted by Crippen LogP contribution is -2.95. The number of guanidine groups is 2. The zero-order chi connectivity index (χ0) is 33.0. The Kier molecular flexibility index (Phi) is 6.32. The van der Waals surface area contributed by atoms with Gasteiger partial charge in [0.1, 0.15) is 58.9 Å². The molecule has 22 heteroatoms. The van der Waals surface area contributed by atoms with Crippen LogP contribution in [0.1, 0.15) is 0 Å². The normalized spacial score (nSPS) is 60.6. The summed E-state index contributed by atoms with van der Waals surface area (Å²) < 4.78 is 22.0. The second-order valence-corrected chi connectivity index (χ2v) is 13.5. The van der Waals surface area contributed by atoms with Gasteiger partial charge in [-0.1, -0.05) is 0 Å². The van der Waals surface area contributed by atoms with Gasteiger partial charge < -0.3 is 103 Å². The van der Waals surface area contributed by atoms with Crippen molar-refractivity contribution in [3.8, 4) is 0 Å². The van der Waals surface area contributed by atoms with Gasteiger partial charge in [0.25, 0.3) is 0 Å². The van der Waals surface area contributed by atoms with E-state index in [1.54, 1.807) is 0 Å². The van der Waals surface area contributed by atoms with Crippen LogP contribution in [0.5, 0.6) is 0 Å². The molecule has 10 rings (SSSR count). The monoisotopic (exact) mass is 662 g/mol. The molecule has 0 aromatic rings. The molecular formula is C24H38N8O14. The van der Waals surface area contributed by atoms with Gasteiger partial charge in [0, 0.05) is 26.2 Å². The van der Waals surface area contributed by atoms with Crippen molar-refractivity contribution < 1.29 is 70.0 Å². The van der Waals surface area contributed by atoms with Crippen LogP contribution in [0.3, 0.4) is 0 Å². The molecule has 0 aromatic carbocycles. The molecule has 22 nitrogen and oxygen atoms in total. The molecule has 8 heterocycles. The maximum Gasteiger partial charge on any atom is 0.311 e. The highest BCUT2D eigenvalue weighted by Gasteiger charge is 2.84.